The Morgan fingerprint density at radius 3 is 1.97 bits per heavy atom. The van der Waals surface area contributed by atoms with Gasteiger partial charge in [0.25, 0.3) is 5.91 Å². The normalized spacial score (nSPS) is 18.7. The number of nitrogens with zero attached hydrogens (tertiary/aromatic N) is 3. The van der Waals surface area contributed by atoms with Gasteiger partial charge in [0, 0.05) is 57.1 Å². The summed E-state index contributed by atoms with van der Waals surface area (Å²) in [5.74, 6) is -0.148. The average Bonchev–Trinajstić information content (AvgIpc) is 2.90. The van der Waals surface area contributed by atoms with Gasteiger partial charge in [-0.2, -0.15) is 8.61 Å². The standard InChI is InChI=1S/C25H34N4O5S2/c1-2-35(31,32)28-18-16-27(17-19-28)20-21-6-8-22(9-7-21)25(30)26-23-10-12-24(13-11-23)36(33,34)29-14-4-3-5-15-29/h6-13H,2-5,14-20H2,1H3,(H,26,30). The van der Waals surface area contributed by atoms with Gasteiger partial charge in [0.05, 0.1) is 10.6 Å². The molecule has 0 bridgehead atoms. The second-order valence-corrected chi connectivity index (χ2v) is 13.4. The SMILES string of the molecule is CCS(=O)(=O)N1CCN(Cc2ccc(C(=O)Nc3ccc(S(=O)(=O)N4CCCCC4)cc3)cc2)CC1. The quantitative estimate of drug-likeness (QED) is 0.558. The number of hydrogen-bond acceptors (Lipinski definition) is 6. The van der Waals surface area contributed by atoms with E-state index in [0.717, 1.165) is 24.8 Å². The molecule has 0 radical (unpaired) electrons. The summed E-state index contributed by atoms with van der Waals surface area (Å²) < 4.78 is 52.7. The molecule has 2 aliphatic rings. The van der Waals surface area contributed by atoms with Gasteiger partial charge >= 0.3 is 0 Å². The Kier molecular flexibility index (Phi) is 8.46. The number of piperazine rings is 1. The van der Waals surface area contributed by atoms with Crippen molar-refractivity contribution in [3.8, 4) is 0 Å². The molecule has 11 heteroatoms. The van der Waals surface area contributed by atoms with Crippen LogP contribution in [0.5, 0.6) is 0 Å². The highest BCUT2D eigenvalue weighted by Gasteiger charge is 2.26. The van der Waals surface area contributed by atoms with Gasteiger partial charge in [0.15, 0.2) is 0 Å². The van der Waals surface area contributed by atoms with Crippen molar-refractivity contribution in [1.82, 2.24) is 13.5 Å². The summed E-state index contributed by atoms with van der Waals surface area (Å²) in [6.07, 6.45) is 2.82. The number of amides is 1. The van der Waals surface area contributed by atoms with E-state index in [0.29, 0.717) is 57.1 Å². The zero-order valence-corrected chi connectivity index (χ0v) is 22.2. The third-order valence-electron chi connectivity index (χ3n) is 6.78. The predicted octanol–water partition coefficient (Wildman–Crippen LogP) is 2.58. The van der Waals surface area contributed by atoms with E-state index in [1.165, 1.54) is 16.4 Å². The number of carbonyl (C=O) groups is 1. The second kappa shape index (κ2) is 11.4. The van der Waals surface area contributed by atoms with Crippen LogP contribution in [0.4, 0.5) is 5.69 Å². The molecule has 0 saturated carbocycles. The fourth-order valence-corrected chi connectivity index (χ4v) is 7.14. The molecule has 0 aliphatic carbocycles. The van der Waals surface area contributed by atoms with E-state index in [9.17, 15) is 21.6 Å². The van der Waals surface area contributed by atoms with Gasteiger partial charge in [-0.15, -0.1) is 0 Å². The molecule has 2 aromatic rings. The Morgan fingerprint density at radius 2 is 1.39 bits per heavy atom. The first-order chi connectivity index (χ1) is 17.2. The summed E-state index contributed by atoms with van der Waals surface area (Å²) >= 11 is 0. The number of hydrogen-bond donors (Lipinski definition) is 1. The molecule has 36 heavy (non-hydrogen) atoms. The van der Waals surface area contributed by atoms with E-state index in [2.05, 4.69) is 10.2 Å². The zero-order valence-electron chi connectivity index (χ0n) is 20.6. The number of rotatable bonds is 8. The number of anilines is 1. The van der Waals surface area contributed by atoms with Crippen molar-refractivity contribution in [1.29, 1.82) is 0 Å². The largest absolute Gasteiger partial charge is 0.322 e. The zero-order chi connectivity index (χ0) is 25.8. The van der Waals surface area contributed by atoms with Gasteiger partial charge in [-0.3, -0.25) is 9.69 Å². The lowest BCUT2D eigenvalue weighted by Gasteiger charge is -2.33. The van der Waals surface area contributed by atoms with Crippen LogP contribution < -0.4 is 5.32 Å². The molecule has 2 aromatic carbocycles. The Morgan fingerprint density at radius 1 is 0.778 bits per heavy atom. The van der Waals surface area contributed by atoms with Gasteiger partial charge in [0.2, 0.25) is 20.0 Å². The Bertz CT molecular complexity index is 1250. The highest BCUT2D eigenvalue weighted by Crippen LogP contribution is 2.22. The van der Waals surface area contributed by atoms with Gasteiger partial charge in [0.1, 0.15) is 0 Å². The Labute approximate surface area is 214 Å². The van der Waals surface area contributed by atoms with Crippen molar-refractivity contribution in [2.24, 2.45) is 0 Å². The van der Waals surface area contributed by atoms with Crippen molar-refractivity contribution >= 4 is 31.6 Å². The van der Waals surface area contributed by atoms with E-state index < -0.39 is 20.0 Å². The van der Waals surface area contributed by atoms with Crippen LogP contribution in [0.3, 0.4) is 0 Å². The van der Waals surface area contributed by atoms with Crippen LogP contribution >= 0.6 is 0 Å². The van der Waals surface area contributed by atoms with E-state index in [4.69, 9.17) is 0 Å². The fourth-order valence-electron chi connectivity index (χ4n) is 4.54. The molecule has 1 amide bonds. The number of sulfonamides is 2. The van der Waals surface area contributed by atoms with Gasteiger partial charge < -0.3 is 5.32 Å². The average molecular weight is 535 g/mol. The minimum atomic E-state index is -3.50. The topological polar surface area (TPSA) is 107 Å². The van der Waals surface area contributed by atoms with Crippen molar-refractivity contribution in [3.05, 3.63) is 59.7 Å². The summed E-state index contributed by atoms with van der Waals surface area (Å²) in [5, 5.41) is 2.82. The fraction of sp³-hybridized carbons (Fsp3) is 0.480. The molecule has 1 N–H and O–H groups in total. The summed E-state index contributed by atoms with van der Waals surface area (Å²) in [4.78, 5) is 15.1. The van der Waals surface area contributed by atoms with Crippen LogP contribution in [-0.4, -0.2) is 81.3 Å². The molecular formula is C25H34N4O5S2. The minimum absolute atomic E-state index is 0.123. The molecule has 2 aliphatic heterocycles. The van der Waals surface area contributed by atoms with E-state index in [-0.39, 0.29) is 16.6 Å². The van der Waals surface area contributed by atoms with Crippen LogP contribution in [0, 0.1) is 0 Å². The monoisotopic (exact) mass is 534 g/mol. The van der Waals surface area contributed by atoms with Gasteiger partial charge in [-0.05, 0) is 61.7 Å². The smallest absolute Gasteiger partial charge is 0.255 e. The lowest BCUT2D eigenvalue weighted by Crippen LogP contribution is -2.48. The number of piperidine rings is 1. The maximum absolute atomic E-state index is 12.8. The summed E-state index contributed by atoms with van der Waals surface area (Å²) in [7, 11) is -6.65. The molecular weight excluding hydrogens is 500 g/mol. The predicted molar refractivity (Wildman–Crippen MR) is 140 cm³/mol. The third kappa shape index (κ3) is 6.33. The second-order valence-electron chi connectivity index (χ2n) is 9.22. The first kappa shape index (κ1) is 26.7. The first-order valence-corrected chi connectivity index (χ1v) is 15.4. The number of benzene rings is 2. The van der Waals surface area contributed by atoms with Crippen molar-refractivity contribution in [2.75, 3.05) is 50.3 Å². The number of nitrogens with one attached hydrogen (secondary N) is 1. The Balaban J connectivity index is 1.30. The molecule has 196 valence electrons. The van der Waals surface area contributed by atoms with Crippen molar-refractivity contribution in [2.45, 2.75) is 37.6 Å². The molecule has 2 saturated heterocycles. The van der Waals surface area contributed by atoms with Crippen molar-refractivity contribution < 1.29 is 21.6 Å². The maximum Gasteiger partial charge on any atom is 0.255 e. The lowest BCUT2D eigenvalue weighted by atomic mass is 10.1. The van der Waals surface area contributed by atoms with Crippen molar-refractivity contribution in [3.63, 3.8) is 0 Å². The summed E-state index contributed by atoms with van der Waals surface area (Å²) in [6, 6.07) is 13.6. The molecule has 0 aromatic heterocycles. The molecule has 0 unspecified atom stereocenters. The Hall–Kier alpha value is -2.31. The molecule has 2 heterocycles. The molecule has 0 spiro atoms. The maximum atomic E-state index is 12.8. The first-order valence-electron chi connectivity index (χ1n) is 12.4. The van der Waals surface area contributed by atoms with Crippen LogP contribution in [-0.2, 0) is 26.6 Å². The lowest BCUT2D eigenvalue weighted by molar-refractivity contribution is 0.102. The third-order valence-corrected chi connectivity index (χ3v) is 10.6. The van der Waals surface area contributed by atoms with Gasteiger partial charge in [-0.25, -0.2) is 16.8 Å². The van der Waals surface area contributed by atoms with E-state index in [1.54, 1.807) is 35.5 Å². The minimum Gasteiger partial charge on any atom is -0.322 e. The highest BCUT2D eigenvalue weighted by atomic mass is 32.2. The summed E-state index contributed by atoms with van der Waals surface area (Å²) in [5.41, 5.74) is 2.08. The highest BCUT2D eigenvalue weighted by molar-refractivity contribution is 7.89. The van der Waals surface area contributed by atoms with Crippen LogP contribution in [0.15, 0.2) is 53.4 Å². The van der Waals surface area contributed by atoms with Crippen LogP contribution in [0.1, 0.15) is 42.1 Å². The van der Waals surface area contributed by atoms with Crippen LogP contribution in [0.2, 0.25) is 0 Å². The molecule has 4 rings (SSSR count). The van der Waals surface area contributed by atoms with Gasteiger partial charge in [-0.1, -0.05) is 18.6 Å². The summed E-state index contributed by atoms with van der Waals surface area (Å²) in [6.45, 7) is 5.78. The molecule has 0 atom stereocenters. The number of carbonyl (C=O) groups excluding carboxylic acids is 1. The van der Waals surface area contributed by atoms with Crippen LogP contribution in [0.25, 0.3) is 0 Å². The molecule has 9 nitrogen and oxygen atoms in total. The molecule has 2 fully saturated rings. The van der Waals surface area contributed by atoms with E-state index in [1.807, 2.05) is 12.1 Å². The van der Waals surface area contributed by atoms with E-state index >= 15 is 0 Å².